The summed E-state index contributed by atoms with van der Waals surface area (Å²) >= 11 is 0. The molecule has 150 valence electrons. The highest BCUT2D eigenvalue weighted by atomic mass is 19.4. The number of carbonyl (C=O) groups excluding carboxylic acids is 1. The van der Waals surface area contributed by atoms with Crippen LogP contribution in [-0.2, 0) is 17.5 Å². The number of aliphatic carboxylic acids is 1. The third-order valence-electron chi connectivity index (χ3n) is 3.91. The average Bonchev–Trinajstić information content (AvgIpc) is 2.65. The predicted molar refractivity (Wildman–Crippen MR) is 93.4 cm³/mol. The van der Waals surface area contributed by atoms with Crippen LogP contribution in [0.5, 0.6) is 11.5 Å². The maximum absolute atomic E-state index is 12.9. The third kappa shape index (κ3) is 5.15. The van der Waals surface area contributed by atoms with Crippen LogP contribution in [-0.4, -0.2) is 42.6 Å². The molecule has 0 heterocycles. The van der Waals surface area contributed by atoms with Crippen LogP contribution in [0.4, 0.5) is 13.2 Å². The number of carboxylic acid groups (broad SMARTS) is 1. The van der Waals surface area contributed by atoms with E-state index in [1.54, 1.807) is 0 Å². The monoisotopic (exact) mass is 397 g/mol. The minimum absolute atomic E-state index is 0.108. The lowest BCUT2D eigenvalue weighted by atomic mass is 10.1. The summed E-state index contributed by atoms with van der Waals surface area (Å²) in [7, 11) is 2.79. The van der Waals surface area contributed by atoms with Gasteiger partial charge in [-0.2, -0.15) is 13.2 Å². The Labute approximate surface area is 159 Å². The van der Waals surface area contributed by atoms with E-state index in [1.807, 2.05) is 0 Å². The van der Waals surface area contributed by atoms with E-state index in [0.717, 1.165) is 17.0 Å². The molecule has 0 radical (unpaired) electrons. The van der Waals surface area contributed by atoms with Gasteiger partial charge in [0, 0.05) is 12.6 Å². The molecular weight excluding hydrogens is 379 g/mol. The molecule has 2 aromatic rings. The van der Waals surface area contributed by atoms with Gasteiger partial charge in [0.15, 0.2) is 0 Å². The van der Waals surface area contributed by atoms with E-state index >= 15 is 0 Å². The minimum Gasteiger partial charge on any atom is -0.497 e. The van der Waals surface area contributed by atoms with Crippen molar-refractivity contribution < 1.29 is 37.3 Å². The number of ether oxygens (including phenoxy) is 2. The number of benzene rings is 2. The van der Waals surface area contributed by atoms with Gasteiger partial charge in [-0.1, -0.05) is 12.1 Å². The van der Waals surface area contributed by atoms with Gasteiger partial charge in [0.25, 0.3) is 5.91 Å². The topological polar surface area (TPSA) is 76.1 Å². The Morgan fingerprint density at radius 3 is 2.18 bits per heavy atom. The number of methoxy groups -OCH3 is 2. The Morgan fingerprint density at radius 1 is 1.04 bits per heavy atom. The fourth-order valence-corrected chi connectivity index (χ4v) is 2.53. The van der Waals surface area contributed by atoms with Gasteiger partial charge in [-0.3, -0.25) is 9.59 Å². The second-order valence-electron chi connectivity index (χ2n) is 5.82. The number of nitrogens with zero attached hydrogens (tertiary/aromatic N) is 1. The van der Waals surface area contributed by atoms with Crippen LogP contribution in [0, 0.1) is 0 Å². The van der Waals surface area contributed by atoms with Gasteiger partial charge >= 0.3 is 12.1 Å². The fourth-order valence-electron chi connectivity index (χ4n) is 2.53. The van der Waals surface area contributed by atoms with E-state index in [1.165, 1.54) is 44.6 Å². The molecule has 28 heavy (non-hydrogen) atoms. The quantitative estimate of drug-likeness (QED) is 0.775. The van der Waals surface area contributed by atoms with Crippen molar-refractivity contribution in [3.05, 3.63) is 59.2 Å². The van der Waals surface area contributed by atoms with Crippen molar-refractivity contribution in [2.24, 2.45) is 0 Å². The Kier molecular flexibility index (Phi) is 6.50. The molecule has 0 fully saturated rings. The Bertz CT molecular complexity index is 850. The second-order valence-corrected chi connectivity index (χ2v) is 5.82. The average molecular weight is 397 g/mol. The van der Waals surface area contributed by atoms with Crippen molar-refractivity contribution >= 4 is 11.9 Å². The highest BCUT2D eigenvalue weighted by Crippen LogP contribution is 2.30. The number of hydrogen-bond acceptors (Lipinski definition) is 4. The van der Waals surface area contributed by atoms with Crippen molar-refractivity contribution in [2.75, 3.05) is 20.8 Å². The number of hydrogen-bond donors (Lipinski definition) is 1. The summed E-state index contributed by atoms with van der Waals surface area (Å²) in [6.07, 6.45) is -4.48. The van der Waals surface area contributed by atoms with E-state index in [2.05, 4.69) is 0 Å². The van der Waals surface area contributed by atoms with Gasteiger partial charge in [-0.15, -0.1) is 0 Å². The molecule has 6 nitrogen and oxygen atoms in total. The second kappa shape index (κ2) is 8.64. The molecule has 9 heteroatoms. The standard InChI is InChI=1S/C19H18F3NO5/c1-27-14-7-8-15(16(9-14)28-2)18(26)23(11-17(24)25)10-12-3-5-13(6-4-12)19(20,21)22/h3-9H,10-11H2,1-2H3,(H,24,25). The Hall–Kier alpha value is -3.23. The zero-order valence-electron chi connectivity index (χ0n) is 15.1. The van der Waals surface area contributed by atoms with Gasteiger partial charge in [0.2, 0.25) is 0 Å². The van der Waals surface area contributed by atoms with Crippen LogP contribution in [0.1, 0.15) is 21.5 Å². The molecule has 2 rings (SSSR count). The maximum atomic E-state index is 12.9. The summed E-state index contributed by atoms with van der Waals surface area (Å²) in [6.45, 7) is -0.812. The molecule has 1 N–H and O–H groups in total. The molecule has 0 aliphatic carbocycles. The molecule has 0 spiro atoms. The molecule has 2 aromatic carbocycles. The van der Waals surface area contributed by atoms with Crippen LogP contribution in [0.25, 0.3) is 0 Å². The summed E-state index contributed by atoms with van der Waals surface area (Å²) in [4.78, 5) is 25.0. The smallest absolute Gasteiger partial charge is 0.416 e. The van der Waals surface area contributed by atoms with Crippen LogP contribution >= 0.6 is 0 Å². The van der Waals surface area contributed by atoms with E-state index in [-0.39, 0.29) is 17.9 Å². The van der Waals surface area contributed by atoms with E-state index in [9.17, 15) is 22.8 Å². The molecule has 0 unspecified atom stereocenters. The number of carboxylic acids is 1. The van der Waals surface area contributed by atoms with Crippen molar-refractivity contribution in [3.8, 4) is 11.5 Å². The van der Waals surface area contributed by atoms with Gasteiger partial charge in [0.05, 0.1) is 25.3 Å². The first kappa shape index (κ1) is 21.1. The first-order chi connectivity index (χ1) is 13.2. The first-order valence-corrected chi connectivity index (χ1v) is 8.05. The van der Waals surface area contributed by atoms with Gasteiger partial charge in [-0.25, -0.2) is 0 Å². The lowest BCUT2D eigenvalue weighted by Gasteiger charge is -2.22. The van der Waals surface area contributed by atoms with E-state index in [0.29, 0.717) is 11.3 Å². The van der Waals surface area contributed by atoms with E-state index < -0.39 is 30.2 Å². The van der Waals surface area contributed by atoms with E-state index in [4.69, 9.17) is 14.6 Å². The highest BCUT2D eigenvalue weighted by Gasteiger charge is 2.30. The lowest BCUT2D eigenvalue weighted by molar-refractivity contribution is -0.138. The van der Waals surface area contributed by atoms with Crippen LogP contribution in [0.3, 0.4) is 0 Å². The van der Waals surface area contributed by atoms with Crippen LogP contribution in [0.2, 0.25) is 0 Å². The van der Waals surface area contributed by atoms with Gasteiger partial charge in [-0.05, 0) is 29.8 Å². The molecule has 1 amide bonds. The molecule has 0 aromatic heterocycles. The van der Waals surface area contributed by atoms with Crippen molar-refractivity contribution in [3.63, 3.8) is 0 Å². The molecule has 0 saturated carbocycles. The first-order valence-electron chi connectivity index (χ1n) is 8.05. The van der Waals surface area contributed by atoms with Crippen molar-refractivity contribution in [1.29, 1.82) is 0 Å². The maximum Gasteiger partial charge on any atom is 0.416 e. The van der Waals surface area contributed by atoms with Crippen LogP contribution in [0.15, 0.2) is 42.5 Å². The zero-order valence-corrected chi connectivity index (χ0v) is 15.1. The van der Waals surface area contributed by atoms with Crippen molar-refractivity contribution in [1.82, 2.24) is 4.90 Å². The molecule has 0 bridgehead atoms. The SMILES string of the molecule is COc1ccc(C(=O)N(CC(=O)O)Cc2ccc(C(F)(F)F)cc2)c(OC)c1. The summed E-state index contributed by atoms with van der Waals surface area (Å²) in [5, 5.41) is 9.12. The number of rotatable bonds is 7. The van der Waals surface area contributed by atoms with Crippen LogP contribution < -0.4 is 9.47 Å². The third-order valence-corrected chi connectivity index (χ3v) is 3.91. The molecule has 0 aliphatic rings. The summed E-state index contributed by atoms with van der Waals surface area (Å²) in [6, 6.07) is 8.60. The molecule has 0 atom stereocenters. The summed E-state index contributed by atoms with van der Waals surface area (Å²) in [5.41, 5.74) is -0.365. The normalized spacial score (nSPS) is 11.0. The summed E-state index contributed by atoms with van der Waals surface area (Å²) in [5.74, 6) is -1.26. The number of halogens is 3. The zero-order chi connectivity index (χ0) is 20.9. The minimum atomic E-state index is -4.48. The molecule has 0 aliphatic heterocycles. The number of alkyl halides is 3. The van der Waals surface area contributed by atoms with Crippen molar-refractivity contribution in [2.45, 2.75) is 12.7 Å². The highest BCUT2D eigenvalue weighted by molar-refractivity contribution is 5.98. The number of amides is 1. The molecular formula is C19H18F3NO5. The number of carbonyl (C=O) groups is 2. The lowest BCUT2D eigenvalue weighted by Crippen LogP contribution is -2.35. The predicted octanol–water partition coefficient (Wildman–Crippen LogP) is 3.45. The van der Waals surface area contributed by atoms with Gasteiger partial charge < -0.3 is 19.5 Å². The fraction of sp³-hybridized carbons (Fsp3) is 0.263. The molecule has 0 saturated heterocycles. The largest absolute Gasteiger partial charge is 0.497 e. The Morgan fingerprint density at radius 2 is 1.68 bits per heavy atom. The summed E-state index contributed by atoms with van der Waals surface area (Å²) < 4.78 is 48.3. The van der Waals surface area contributed by atoms with Gasteiger partial charge in [0.1, 0.15) is 18.0 Å². The Balaban J connectivity index is 2.31.